The maximum absolute atomic E-state index is 4.30. The van der Waals surface area contributed by atoms with Crippen LogP contribution in [-0.2, 0) is 12.8 Å². The smallest absolute Gasteiger partial charge is 0.147 e. The molecule has 0 fully saturated rings. The van der Waals surface area contributed by atoms with E-state index in [9.17, 15) is 0 Å². The molecule has 3 nitrogen and oxygen atoms in total. The topological polar surface area (TPSA) is 37.8 Å². The Balaban J connectivity index is 1.97. The van der Waals surface area contributed by atoms with Crippen LogP contribution >= 0.6 is 11.3 Å². The summed E-state index contributed by atoms with van der Waals surface area (Å²) in [7, 11) is 0. The van der Waals surface area contributed by atoms with Crippen LogP contribution in [-0.4, -0.2) is 22.3 Å². The molecule has 0 saturated carbocycles. The first-order chi connectivity index (χ1) is 9.48. The van der Waals surface area contributed by atoms with E-state index >= 15 is 0 Å². The molecule has 0 saturated heterocycles. The summed E-state index contributed by atoms with van der Waals surface area (Å²) in [4.78, 5) is 0. The van der Waals surface area contributed by atoms with Gasteiger partial charge >= 0.3 is 0 Å². The van der Waals surface area contributed by atoms with E-state index in [2.05, 4.69) is 67.5 Å². The second-order valence-corrected chi connectivity index (χ2v) is 7.04. The van der Waals surface area contributed by atoms with Crippen LogP contribution in [0.25, 0.3) is 10.6 Å². The maximum atomic E-state index is 4.30. The predicted molar refractivity (Wildman–Crippen MR) is 86.2 cm³/mol. The number of nitrogens with one attached hydrogen (secondary N) is 1. The lowest BCUT2D eigenvalue weighted by Crippen LogP contribution is -2.37. The minimum absolute atomic E-state index is 0.156. The summed E-state index contributed by atoms with van der Waals surface area (Å²) in [5.74, 6) is 0. The Labute approximate surface area is 125 Å². The van der Waals surface area contributed by atoms with Gasteiger partial charge < -0.3 is 5.32 Å². The molecule has 1 aromatic heterocycles. The van der Waals surface area contributed by atoms with Crippen molar-refractivity contribution >= 4 is 11.3 Å². The highest BCUT2D eigenvalue weighted by Gasteiger charge is 2.10. The van der Waals surface area contributed by atoms with Gasteiger partial charge in [-0.2, -0.15) is 0 Å². The largest absolute Gasteiger partial charge is 0.312 e. The van der Waals surface area contributed by atoms with Crippen molar-refractivity contribution in [2.75, 3.05) is 6.54 Å². The molecule has 0 unspecified atom stereocenters. The number of aromatic nitrogens is 2. The first-order valence-electron chi connectivity index (χ1n) is 7.14. The standard InChI is InChI=1S/C16H23N3S/c1-5-12-6-8-13(9-7-12)15-19-18-14(20-15)10-11-17-16(2,3)4/h6-9,17H,5,10-11H2,1-4H3. The fourth-order valence-corrected chi connectivity index (χ4v) is 2.74. The van der Waals surface area contributed by atoms with Crippen LogP contribution in [0.4, 0.5) is 0 Å². The van der Waals surface area contributed by atoms with E-state index in [1.165, 1.54) is 5.56 Å². The van der Waals surface area contributed by atoms with Crippen LogP contribution in [0.2, 0.25) is 0 Å². The zero-order valence-corrected chi connectivity index (χ0v) is 13.5. The first kappa shape index (κ1) is 15.1. The van der Waals surface area contributed by atoms with Gasteiger partial charge in [0.1, 0.15) is 10.0 Å². The third-order valence-electron chi connectivity index (χ3n) is 3.07. The fourth-order valence-electron chi connectivity index (χ4n) is 1.90. The Bertz CT molecular complexity index is 538. The maximum Gasteiger partial charge on any atom is 0.147 e. The molecule has 0 radical (unpaired) electrons. The second kappa shape index (κ2) is 6.46. The Hall–Kier alpha value is -1.26. The van der Waals surface area contributed by atoms with Gasteiger partial charge in [-0.05, 0) is 32.8 Å². The van der Waals surface area contributed by atoms with Gasteiger partial charge in [0.2, 0.25) is 0 Å². The lowest BCUT2D eigenvalue weighted by molar-refractivity contribution is 0.429. The summed E-state index contributed by atoms with van der Waals surface area (Å²) < 4.78 is 0. The zero-order chi connectivity index (χ0) is 14.6. The molecule has 0 aliphatic rings. The van der Waals surface area contributed by atoms with Crippen molar-refractivity contribution in [1.29, 1.82) is 0 Å². The Morgan fingerprint density at radius 2 is 1.80 bits per heavy atom. The van der Waals surface area contributed by atoms with E-state index in [-0.39, 0.29) is 5.54 Å². The molecule has 0 bridgehead atoms. The van der Waals surface area contributed by atoms with Gasteiger partial charge in [-0.3, -0.25) is 0 Å². The van der Waals surface area contributed by atoms with Gasteiger partial charge in [-0.15, -0.1) is 10.2 Å². The van der Waals surface area contributed by atoms with E-state index in [4.69, 9.17) is 0 Å². The molecular formula is C16H23N3S. The molecule has 0 amide bonds. The third kappa shape index (κ3) is 4.39. The summed E-state index contributed by atoms with van der Waals surface area (Å²) in [5, 5.41) is 14.2. The second-order valence-electron chi connectivity index (χ2n) is 5.98. The van der Waals surface area contributed by atoms with Crippen molar-refractivity contribution in [2.45, 2.75) is 46.1 Å². The molecule has 20 heavy (non-hydrogen) atoms. The molecule has 1 aromatic carbocycles. The molecule has 0 spiro atoms. The van der Waals surface area contributed by atoms with E-state index in [0.29, 0.717) is 0 Å². The van der Waals surface area contributed by atoms with Crippen LogP contribution in [0, 0.1) is 0 Å². The van der Waals surface area contributed by atoms with Crippen molar-refractivity contribution in [3.63, 3.8) is 0 Å². The van der Waals surface area contributed by atoms with Gasteiger partial charge in [0.15, 0.2) is 0 Å². The number of aryl methyl sites for hydroxylation is 1. The average molecular weight is 289 g/mol. The van der Waals surface area contributed by atoms with Crippen molar-refractivity contribution in [2.24, 2.45) is 0 Å². The molecule has 1 N–H and O–H groups in total. The monoisotopic (exact) mass is 289 g/mol. The summed E-state index contributed by atoms with van der Waals surface area (Å²) in [6, 6.07) is 8.60. The minimum atomic E-state index is 0.156. The normalized spacial score (nSPS) is 11.8. The van der Waals surface area contributed by atoms with Crippen LogP contribution in [0.5, 0.6) is 0 Å². The molecule has 0 atom stereocenters. The zero-order valence-electron chi connectivity index (χ0n) is 12.7. The van der Waals surface area contributed by atoms with Gasteiger partial charge in [-0.1, -0.05) is 42.5 Å². The quantitative estimate of drug-likeness (QED) is 0.912. The summed E-state index contributed by atoms with van der Waals surface area (Å²) in [6.45, 7) is 9.63. The molecule has 0 aliphatic carbocycles. The number of nitrogens with zero attached hydrogens (tertiary/aromatic N) is 2. The van der Waals surface area contributed by atoms with Crippen LogP contribution < -0.4 is 5.32 Å². The van der Waals surface area contributed by atoms with Gasteiger partial charge in [0.05, 0.1) is 0 Å². The molecule has 1 heterocycles. The van der Waals surface area contributed by atoms with Crippen molar-refractivity contribution < 1.29 is 0 Å². The van der Waals surface area contributed by atoms with Gasteiger partial charge in [0.25, 0.3) is 0 Å². The summed E-state index contributed by atoms with van der Waals surface area (Å²) >= 11 is 1.69. The lowest BCUT2D eigenvalue weighted by atomic mass is 10.1. The number of hydrogen-bond donors (Lipinski definition) is 1. The number of rotatable bonds is 5. The number of benzene rings is 1. The van der Waals surface area contributed by atoms with Crippen LogP contribution in [0.3, 0.4) is 0 Å². The summed E-state index contributed by atoms with van der Waals surface area (Å²) in [6.07, 6.45) is 2.00. The van der Waals surface area contributed by atoms with E-state index in [1.807, 2.05) is 0 Å². The minimum Gasteiger partial charge on any atom is -0.312 e. The Morgan fingerprint density at radius 1 is 1.10 bits per heavy atom. The highest BCUT2D eigenvalue weighted by molar-refractivity contribution is 7.14. The molecule has 2 aromatic rings. The summed E-state index contributed by atoms with van der Waals surface area (Å²) in [5.41, 5.74) is 2.67. The first-order valence-corrected chi connectivity index (χ1v) is 7.96. The average Bonchev–Trinajstić information content (AvgIpc) is 2.86. The Morgan fingerprint density at radius 3 is 2.40 bits per heavy atom. The third-order valence-corrected chi connectivity index (χ3v) is 4.10. The Kier molecular flexibility index (Phi) is 4.89. The molecule has 0 aliphatic heterocycles. The molecule has 108 valence electrons. The van der Waals surface area contributed by atoms with Gasteiger partial charge in [0, 0.05) is 24.1 Å². The van der Waals surface area contributed by atoms with Crippen LogP contribution in [0.15, 0.2) is 24.3 Å². The van der Waals surface area contributed by atoms with Crippen LogP contribution in [0.1, 0.15) is 38.3 Å². The fraction of sp³-hybridized carbons (Fsp3) is 0.500. The lowest BCUT2D eigenvalue weighted by Gasteiger charge is -2.19. The van der Waals surface area contributed by atoms with E-state index in [1.54, 1.807) is 11.3 Å². The molecule has 4 heteroatoms. The molecule has 2 rings (SSSR count). The van der Waals surface area contributed by atoms with E-state index < -0.39 is 0 Å². The predicted octanol–water partition coefficient (Wildman–Crippen LogP) is 3.70. The van der Waals surface area contributed by atoms with E-state index in [0.717, 1.165) is 35.0 Å². The van der Waals surface area contributed by atoms with Crippen molar-refractivity contribution in [1.82, 2.24) is 15.5 Å². The van der Waals surface area contributed by atoms with Crippen molar-refractivity contribution in [3.05, 3.63) is 34.8 Å². The highest BCUT2D eigenvalue weighted by Crippen LogP contribution is 2.24. The van der Waals surface area contributed by atoms with Gasteiger partial charge in [-0.25, -0.2) is 0 Å². The SMILES string of the molecule is CCc1ccc(-c2nnc(CCNC(C)(C)C)s2)cc1. The number of hydrogen-bond acceptors (Lipinski definition) is 4. The molecular weight excluding hydrogens is 266 g/mol. The van der Waals surface area contributed by atoms with Crippen molar-refractivity contribution in [3.8, 4) is 10.6 Å². The highest BCUT2D eigenvalue weighted by atomic mass is 32.1.